The van der Waals surface area contributed by atoms with Gasteiger partial charge in [0.15, 0.2) is 0 Å². The van der Waals surface area contributed by atoms with Gasteiger partial charge in [-0.2, -0.15) is 0 Å². The minimum absolute atomic E-state index is 0.732. The molecule has 3 rings (SSSR count). The topological polar surface area (TPSA) is 28.7 Å². The molecule has 2 heterocycles. The van der Waals surface area contributed by atoms with Crippen LogP contribution in [0.15, 0.2) is 36.5 Å². The van der Waals surface area contributed by atoms with Crippen molar-refractivity contribution in [1.82, 2.24) is 9.97 Å². The van der Waals surface area contributed by atoms with Gasteiger partial charge < -0.3 is 4.98 Å². The number of hydrogen-bond acceptors (Lipinski definition) is 1. The second-order valence-corrected chi connectivity index (χ2v) is 3.64. The van der Waals surface area contributed by atoms with Gasteiger partial charge in [-0.05, 0) is 25.5 Å². The van der Waals surface area contributed by atoms with Gasteiger partial charge in [-0.15, -0.1) is 0 Å². The van der Waals surface area contributed by atoms with Crippen molar-refractivity contribution in [3.8, 4) is 0 Å². The fourth-order valence-corrected chi connectivity index (χ4v) is 1.93. The monoisotopic (exact) mass is 195 g/mol. The van der Waals surface area contributed by atoms with Crippen LogP contribution in [0.25, 0.3) is 21.8 Å². The van der Waals surface area contributed by atoms with Crippen LogP contribution in [0.2, 0.25) is 0 Å². The van der Waals surface area contributed by atoms with Crippen LogP contribution < -0.4 is 0 Å². The summed E-state index contributed by atoms with van der Waals surface area (Å²) in [6.07, 6.45) is 2.62. The molecule has 0 unspecified atom stereocenters. The highest BCUT2D eigenvalue weighted by atomic mass is 14.8. The fourth-order valence-electron chi connectivity index (χ4n) is 1.93. The van der Waals surface area contributed by atoms with Crippen molar-refractivity contribution in [2.75, 3.05) is 0 Å². The number of para-hydroxylation sites is 1. The third kappa shape index (κ3) is 1.22. The van der Waals surface area contributed by atoms with Gasteiger partial charge in [-0.3, -0.25) is 4.98 Å². The molecular weight excluding hydrogens is 184 g/mol. The molecule has 2 heteroatoms. The van der Waals surface area contributed by atoms with Gasteiger partial charge in [0.2, 0.25) is 0 Å². The Bertz CT molecular complexity index is 623. The average molecular weight is 195 g/mol. The fraction of sp³-hybridized carbons (Fsp3) is 0.0769. The molecular formula is C13H11N2. The van der Waals surface area contributed by atoms with Crippen molar-refractivity contribution < 1.29 is 0 Å². The van der Waals surface area contributed by atoms with E-state index in [1.54, 1.807) is 0 Å². The van der Waals surface area contributed by atoms with Gasteiger partial charge in [0.05, 0.1) is 11.7 Å². The summed E-state index contributed by atoms with van der Waals surface area (Å²) in [5.74, 6) is 0. The summed E-state index contributed by atoms with van der Waals surface area (Å²) in [5, 5.41) is 2.49. The molecule has 1 radical (unpaired) electrons. The van der Waals surface area contributed by atoms with E-state index in [9.17, 15) is 0 Å². The highest BCUT2D eigenvalue weighted by molar-refractivity contribution is 6.06. The van der Waals surface area contributed by atoms with Crippen LogP contribution in [0.5, 0.6) is 0 Å². The summed E-state index contributed by atoms with van der Waals surface area (Å²) in [7, 11) is 0. The third-order valence-electron chi connectivity index (χ3n) is 2.70. The van der Waals surface area contributed by atoms with E-state index in [4.69, 9.17) is 0 Å². The summed E-state index contributed by atoms with van der Waals surface area (Å²) in [4.78, 5) is 7.67. The van der Waals surface area contributed by atoms with Crippen LogP contribution in [0.1, 0.15) is 5.69 Å². The van der Waals surface area contributed by atoms with Gasteiger partial charge in [0, 0.05) is 22.0 Å². The SMILES string of the molecule is [CH2]Cc1cc2c(cn1)[nH]c1ccccc12. The molecule has 1 N–H and O–H groups in total. The quantitative estimate of drug-likeness (QED) is 0.635. The van der Waals surface area contributed by atoms with Crippen LogP contribution in [-0.2, 0) is 6.42 Å². The number of benzene rings is 1. The number of fused-ring (bicyclic) bond motifs is 3. The molecule has 0 amide bonds. The normalized spacial score (nSPS) is 11.3. The minimum Gasteiger partial charge on any atom is -0.353 e. The number of pyridine rings is 1. The summed E-state index contributed by atoms with van der Waals surface area (Å²) in [5.41, 5.74) is 3.29. The van der Waals surface area contributed by atoms with Gasteiger partial charge in [0.1, 0.15) is 0 Å². The zero-order chi connectivity index (χ0) is 10.3. The van der Waals surface area contributed by atoms with E-state index in [1.165, 1.54) is 10.8 Å². The lowest BCUT2D eigenvalue weighted by molar-refractivity contribution is 1.12. The van der Waals surface area contributed by atoms with Crippen molar-refractivity contribution in [2.24, 2.45) is 0 Å². The lowest BCUT2D eigenvalue weighted by Crippen LogP contribution is -1.84. The Balaban J connectivity index is 2.46. The molecule has 15 heavy (non-hydrogen) atoms. The predicted octanol–water partition coefficient (Wildman–Crippen LogP) is 3.09. The van der Waals surface area contributed by atoms with Gasteiger partial charge in [-0.25, -0.2) is 0 Å². The zero-order valence-electron chi connectivity index (χ0n) is 8.33. The van der Waals surface area contributed by atoms with E-state index in [1.807, 2.05) is 12.3 Å². The molecule has 2 nitrogen and oxygen atoms in total. The van der Waals surface area contributed by atoms with Crippen LogP contribution in [0, 0.1) is 6.92 Å². The van der Waals surface area contributed by atoms with E-state index in [2.05, 4.69) is 41.2 Å². The standard InChI is InChI=1S/C13H11N2/c1-2-9-7-11-10-5-3-4-6-12(10)15-13(11)8-14-9/h3-8,15H,1-2H2. The number of nitrogens with one attached hydrogen (secondary N) is 1. The lowest BCUT2D eigenvalue weighted by atomic mass is 10.1. The molecule has 1 aromatic carbocycles. The third-order valence-corrected chi connectivity index (χ3v) is 2.70. The predicted molar refractivity (Wildman–Crippen MR) is 62.7 cm³/mol. The Morgan fingerprint density at radius 2 is 2.00 bits per heavy atom. The molecule has 0 bridgehead atoms. The highest BCUT2D eigenvalue weighted by Gasteiger charge is 2.03. The van der Waals surface area contributed by atoms with Crippen LogP contribution in [-0.4, -0.2) is 9.97 Å². The summed E-state index contributed by atoms with van der Waals surface area (Å²) in [6, 6.07) is 10.4. The van der Waals surface area contributed by atoms with Crippen LogP contribution in [0.4, 0.5) is 0 Å². The van der Waals surface area contributed by atoms with E-state index in [0.29, 0.717) is 0 Å². The maximum Gasteiger partial charge on any atom is 0.0651 e. The molecule has 2 aromatic heterocycles. The van der Waals surface area contributed by atoms with Crippen molar-refractivity contribution in [1.29, 1.82) is 0 Å². The van der Waals surface area contributed by atoms with E-state index >= 15 is 0 Å². The van der Waals surface area contributed by atoms with Gasteiger partial charge in [-0.1, -0.05) is 18.2 Å². The number of nitrogens with zero attached hydrogens (tertiary/aromatic N) is 1. The number of hydrogen-bond donors (Lipinski definition) is 1. The molecule has 0 aliphatic carbocycles. The summed E-state index contributed by atoms with van der Waals surface area (Å²) >= 11 is 0. The highest BCUT2D eigenvalue weighted by Crippen LogP contribution is 2.24. The molecule has 0 aliphatic rings. The first kappa shape index (κ1) is 8.48. The Kier molecular flexibility index (Phi) is 1.75. The van der Waals surface area contributed by atoms with E-state index in [0.717, 1.165) is 23.1 Å². The number of rotatable bonds is 1. The Morgan fingerprint density at radius 3 is 2.87 bits per heavy atom. The molecule has 0 atom stereocenters. The summed E-state index contributed by atoms with van der Waals surface area (Å²) < 4.78 is 0. The first-order valence-electron chi connectivity index (χ1n) is 5.03. The molecule has 73 valence electrons. The summed E-state index contributed by atoms with van der Waals surface area (Å²) in [6.45, 7) is 3.85. The first-order chi connectivity index (χ1) is 7.38. The van der Waals surface area contributed by atoms with E-state index < -0.39 is 0 Å². The maximum atomic E-state index is 4.33. The molecule has 0 fully saturated rings. The van der Waals surface area contributed by atoms with Crippen molar-refractivity contribution in [2.45, 2.75) is 6.42 Å². The minimum atomic E-state index is 0.732. The number of H-pyrrole nitrogens is 1. The van der Waals surface area contributed by atoms with Crippen molar-refractivity contribution in [3.63, 3.8) is 0 Å². The maximum absolute atomic E-state index is 4.33. The number of aromatic nitrogens is 2. The Morgan fingerprint density at radius 1 is 1.13 bits per heavy atom. The molecule has 0 spiro atoms. The van der Waals surface area contributed by atoms with Crippen molar-refractivity contribution >= 4 is 21.8 Å². The van der Waals surface area contributed by atoms with E-state index in [-0.39, 0.29) is 0 Å². The van der Waals surface area contributed by atoms with Crippen LogP contribution >= 0.6 is 0 Å². The van der Waals surface area contributed by atoms with Crippen molar-refractivity contribution in [3.05, 3.63) is 49.1 Å². The molecule has 0 aliphatic heterocycles. The molecule has 0 saturated carbocycles. The second-order valence-electron chi connectivity index (χ2n) is 3.64. The molecule has 3 aromatic rings. The molecule has 0 saturated heterocycles. The van der Waals surface area contributed by atoms with Crippen LogP contribution in [0.3, 0.4) is 0 Å². The zero-order valence-corrected chi connectivity index (χ0v) is 8.33. The van der Waals surface area contributed by atoms with Gasteiger partial charge in [0.25, 0.3) is 0 Å². The smallest absolute Gasteiger partial charge is 0.0651 e. The Hall–Kier alpha value is -1.83. The largest absolute Gasteiger partial charge is 0.353 e. The second kappa shape index (κ2) is 3.09. The van der Waals surface area contributed by atoms with Gasteiger partial charge >= 0.3 is 0 Å². The number of aromatic amines is 1. The Labute approximate surface area is 88.0 Å². The first-order valence-corrected chi connectivity index (χ1v) is 5.03. The lowest BCUT2D eigenvalue weighted by Gasteiger charge is -1.95. The average Bonchev–Trinajstić information content (AvgIpc) is 2.66.